The average molecular weight is 693 g/mol. The molecule has 7 nitrogen and oxygen atoms in total. The van der Waals surface area contributed by atoms with Crippen LogP contribution in [0.3, 0.4) is 0 Å². The molecule has 2 fully saturated rings. The molecule has 9 unspecified atom stereocenters. The molecular weight excluding hydrogens is 636 g/mol. The van der Waals surface area contributed by atoms with Crippen molar-refractivity contribution in [1.29, 1.82) is 0 Å². The van der Waals surface area contributed by atoms with Crippen LogP contribution in [-0.4, -0.2) is 50.8 Å². The number of hydrogen-bond donors (Lipinski definition) is 3. The van der Waals surface area contributed by atoms with E-state index in [2.05, 4.69) is 83.1 Å². The summed E-state index contributed by atoms with van der Waals surface area (Å²) in [5.41, 5.74) is 6.46. The second kappa shape index (κ2) is 10.7. The van der Waals surface area contributed by atoms with Gasteiger partial charge in [0.05, 0.1) is 34.5 Å². The van der Waals surface area contributed by atoms with Crippen LogP contribution >= 0.6 is 0 Å². The number of carbonyl (C=O) groups is 2. The minimum atomic E-state index is -0.851. The molecule has 1 amide bonds. The standard InChI is InChI=1S/C44H56N2O5/c1-22(2)34-37(49)32-31-25(28-21-40(4,5)51-41(6,7)33(28)36(31)48)20-26-27-19-24-14-15-29-42(8,17-12-13-23(3)39(50)45-11)30(47)16-18-43(29,9)44(24,10)38(27)46(34)35(26)32/h12-13,17,20-21,24,29-30,33-34,36,47-48H,1,14-16,18-19H2,2-11H3,(H,45,50)/b17-12+,23-13+. The van der Waals surface area contributed by atoms with Crippen LogP contribution in [0.25, 0.3) is 16.5 Å². The maximum Gasteiger partial charge on any atom is 0.246 e. The number of nitrogens with one attached hydrogen (secondary N) is 1. The van der Waals surface area contributed by atoms with Crippen LogP contribution in [0, 0.1) is 28.6 Å². The first kappa shape index (κ1) is 34.8. The van der Waals surface area contributed by atoms with E-state index in [4.69, 9.17) is 4.74 Å². The number of likely N-dealkylation sites (N-methyl/N-ethyl adjacent to an activating group) is 1. The third-order valence-corrected chi connectivity index (χ3v) is 15.0. The lowest BCUT2D eigenvalue weighted by Gasteiger charge is -2.64. The lowest BCUT2D eigenvalue weighted by atomic mass is 9.40. The number of fused-ring (bicyclic) bond motifs is 11. The number of ketones is 1. The second-order valence-corrected chi connectivity index (χ2v) is 18.6. The van der Waals surface area contributed by atoms with Gasteiger partial charge in [-0.05, 0) is 120 Å². The van der Waals surface area contributed by atoms with Crippen LogP contribution in [0.4, 0.5) is 0 Å². The fourth-order valence-electron chi connectivity index (χ4n) is 12.8. The third-order valence-electron chi connectivity index (χ3n) is 15.0. The first-order valence-electron chi connectivity index (χ1n) is 19.1. The number of ether oxygens (including phenoxy) is 1. The summed E-state index contributed by atoms with van der Waals surface area (Å²) < 4.78 is 8.90. The molecule has 1 aromatic heterocycles. The summed E-state index contributed by atoms with van der Waals surface area (Å²) in [4.78, 5) is 27.1. The van der Waals surface area contributed by atoms with Crippen molar-refractivity contribution in [2.45, 2.75) is 129 Å². The monoisotopic (exact) mass is 692 g/mol. The Morgan fingerprint density at radius 2 is 1.78 bits per heavy atom. The quantitative estimate of drug-likeness (QED) is 0.172. The summed E-state index contributed by atoms with van der Waals surface area (Å²) in [7, 11) is 1.64. The number of hydrogen-bond acceptors (Lipinski definition) is 5. The Morgan fingerprint density at radius 1 is 1.08 bits per heavy atom. The van der Waals surface area contributed by atoms with E-state index in [1.807, 2.05) is 26.0 Å². The van der Waals surface area contributed by atoms with E-state index in [-0.39, 0.29) is 34.4 Å². The summed E-state index contributed by atoms with van der Waals surface area (Å²) in [6, 6.07) is 1.78. The number of allylic oxidation sites excluding steroid dienone is 3. The van der Waals surface area contributed by atoms with Gasteiger partial charge in [0.15, 0.2) is 5.78 Å². The summed E-state index contributed by atoms with van der Waals surface area (Å²) in [6.07, 6.45) is 11.3. The summed E-state index contributed by atoms with van der Waals surface area (Å²) in [5, 5.41) is 27.7. The molecule has 3 heterocycles. The van der Waals surface area contributed by atoms with Crippen molar-refractivity contribution in [3.05, 3.63) is 76.0 Å². The zero-order chi connectivity index (χ0) is 37.0. The van der Waals surface area contributed by atoms with Gasteiger partial charge < -0.3 is 24.8 Å². The molecule has 0 bridgehead atoms. The minimum absolute atomic E-state index is 0.0353. The molecule has 51 heavy (non-hydrogen) atoms. The van der Waals surface area contributed by atoms with Gasteiger partial charge in [-0.1, -0.05) is 51.2 Å². The highest BCUT2D eigenvalue weighted by Crippen LogP contribution is 2.71. The van der Waals surface area contributed by atoms with Crippen molar-refractivity contribution in [1.82, 2.24) is 9.88 Å². The number of rotatable bonds is 4. The number of aromatic nitrogens is 1. The molecule has 8 rings (SSSR count). The number of aliphatic hydroxyl groups excluding tert-OH is 2. The van der Waals surface area contributed by atoms with E-state index in [1.54, 1.807) is 7.05 Å². The second-order valence-electron chi connectivity index (χ2n) is 18.6. The highest BCUT2D eigenvalue weighted by atomic mass is 16.5. The number of aliphatic hydroxyl groups is 2. The SMILES string of the molecule is C=C(C)C1C(=O)c2c3c(cc4c5c(n1c24)C1(C)C(CCC2C(C)(/C=C/C=C(\C)C(=O)NC)C(O)CCC21C)C5)C1=CC(C)(C)OC(C)(C)C1C3O. The van der Waals surface area contributed by atoms with Gasteiger partial charge in [0, 0.05) is 46.0 Å². The predicted molar refractivity (Wildman–Crippen MR) is 201 cm³/mol. The maximum absolute atomic E-state index is 14.9. The van der Waals surface area contributed by atoms with Crippen molar-refractivity contribution in [2.75, 3.05) is 7.05 Å². The van der Waals surface area contributed by atoms with Crippen molar-refractivity contribution in [3.63, 3.8) is 0 Å². The van der Waals surface area contributed by atoms with E-state index in [1.165, 1.54) is 11.3 Å². The Kier molecular flexibility index (Phi) is 7.28. The van der Waals surface area contributed by atoms with E-state index < -0.39 is 34.9 Å². The van der Waals surface area contributed by atoms with Gasteiger partial charge in [0.2, 0.25) is 5.91 Å². The molecule has 2 saturated carbocycles. The number of benzene rings is 1. The van der Waals surface area contributed by atoms with E-state index >= 15 is 0 Å². The van der Waals surface area contributed by atoms with Gasteiger partial charge in [0.25, 0.3) is 0 Å². The van der Waals surface area contributed by atoms with Crippen molar-refractivity contribution in [2.24, 2.45) is 28.6 Å². The molecule has 0 saturated heterocycles. The first-order chi connectivity index (χ1) is 23.7. The Bertz CT molecular complexity index is 2040. The predicted octanol–water partition coefficient (Wildman–Crippen LogP) is 7.84. The van der Waals surface area contributed by atoms with Gasteiger partial charge in [-0.2, -0.15) is 0 Å². The normalized spacial score (nSPS) is 38.6. The topological polar surface area (TPSA) is 101 Å². The van der Waals surface area contributed by atoms with Crippen LogP contribution < -0.4 is 5.32 Å². The molecule has 272 valence electrons. The van der Waals surface area contributed by atoms with Gasteiger partial charge in [-0.15, -0.1) is 0 Å². The maximum atomic E-state index is 14.9. The Labute approximate surface area is 302 Å². The Hall–Kier alpha value is -3.26. The van der Waals surface area contributed by atoms with E-state index in [0.717, 1.165) is 58.9 Å². The van der Waals surface area contributed by atoms with Crippen molar-refractivity contribution < 1.29 is 24.5 Å². The van der Waals surface area contributed by atoms with Gasteiger partial charge in [-0.25, -0.2) is 0 Å². The lowest BCUT2D eigenvalue weighted by Crippen LogP contribution is -2.62. The Balaban J connectivity index is 1.34. The molecule has 2 aliphatic heterocycles. The van der Waals surface area contributed by atoms with Crippen LogP contribution in [0.5, 0.6) is 0 Å². The molecule has 9 atom stereocenters. The number of carbonyl (C=O) groups excluding carboxylic acids is 2. The molecule has 6 aliphatic rings. The van der Waals surface area contributed by atoms with E-state index in [0.29, 0.717) is 23.5 Å². The fraction of sp³-hybridized carbons (Fsp3) is 0.591. The molecule has 4 aliphatic carbocycles. The third kappa shape index (κ3) is 4.23. The Morgan fingerprint density at radius 3 is 2.45 bits per heavy atom. The first-order valence-corrected chi connectivity index (χ1v) is 19.1. The lowest BCUT2D eigenvalue weighted by molar-refractivity contribution is -0.144. The van der Waals surface area contributed by atoms with Crippen LogP contribution in [0.15, 0.2) is 48.1 Å². The van der Waals surface area contributed by atoms with E-state index in [9.17, 15) is 19.8 Å². The molecule has 1 aromatic carbocycles. The van der Waals surface area contributed by atoms with Gasteiger partial charge >= 0.3 is 0 Å². The van der Waals surface area contributed by atoms with Crippen molar-refractivity contribution in [3.8, 4) is 0 Å². The molecular formula is C44H56N2O5. The van der Waals surface area contributed by atoms with Crippen LogP contribution in [0.2, 0.25) is 0 Å². The number of amides is 1. The highest BCUT2D eigenvalue weighted by molar-refractivity contribution is 6.18. The highest BCUT2D eigenvalue weighted by Gasteiger charge is 2.67. The minimum Gasteiger partial charge on any atom is -0.392 e. The average Bonchev–Trinajstić information content (AvgIpc) is 3.71. The summed E-state index contributed by atoms with van der Waals surface area (Å²) in [6.45, 7) is 23.6. The van der Waals surface area contributed by atoms with Gasteiger partial charge in [-0.3, -0.25) is 9.59 Å². The largest absolute Gasteiger partial charge is 0.392 e. The summed E-state index contributed by atoms with van der Waals surface area (Å²) in [5.74, 6) is 0.233. The molecule has 0 spiro atoms. The van der Waals surface area contributed by atoms with Crippen molar-refractivity contribution >= 4 is 28.2 Å². The van der Waals surface area contributed by atoms with Crippen LogP contribution in [0.1, 0.15) is 133 Å². The van der Waals surface area contributed by atoms with Gasteiger partial charge in [0.1, 0.15) is 6.04 Å². The van der Waals surface area contributed by atoms with Crippen LogP contribution in [-0.2, 0) is 21.4 Å². The summed E-state index contributed by atoms with van der Waals surface area (Å²) >= 11 is 0. The number of Topliss-reactive ketones (excluding diaryl/α,β-unsaturated/α-hetero) is 1. The molecule has 2 aromatic rings. The number of nitrogens with zero attached hydrogens (tertiary/aromatic N) is 1. The smallest absolute Gasteiger partial charge is 0.246 e. The molecule has 7 heteroatoms. The zero-order valence-electron chi connectivity index (χ0n) is 32.2. The zero-order valence-corrected chi connectivity index (χ0v) is 32.2. The fourth-order valence-corrected chi connectivity index (χ4v) is 12.8. The molecule has 3 N–H and O–H groups in total. The molecule has 0 radical (unpaired) electrons.